The van der Waals surface area contributed by atoms with E-state index in [2.05, 4.69) is 10.1 Å². The molecule has 0 fully saturated rings. The van der Waals surface area contributed by atoms with Gasteiger partial charge in [-0.2, -0.15) is 0 Å². The molecule has 1 N–H and O–H groups in total. The summed E-state index contributed by atoms with van der Waals surface area (Å²) in [6, 6.07) is 13.4. The SMILES string of the molecule is CCn1c(=O)c2ccccc2n(CC(=O)NCc2ccc(C(=O)OC)cc2)c1=O. The second kappa shape index (κ2) is 8.55. The number of hydrogen-bond acceptors (Lipinski definition) is 5. The molecule has 1 amide bonds. The summed E-state index contributed by atoms with van der Waals surface area (Å²) < 4.78 is 7.06. The van der Waals surface area contributed by atoms with Crippen molar-refractivity contribution in [1.29, 1.82) is 0 Å². The van der Waals surface area contributed by atoms with E-state index in [0.717, 1.165) is 10.1 Å². The largest absolute Gasteiger partial charge is 0.465 e. The average Bonchev–Trinajstić information content (AvgIpc) is 2.75. The van der Waals surface area contributed by atoms with E-state index in [1.165, 1.54) is 11.7 Å². The van der Waals surface area contributed by atoms with E-state index >= 15 is 0 Å². The van der Waals surface area contributed by atoms with Crippen molar-refractivity contribution in [2.45, 2.75) is 26.6 Å². The van der Waals surface area contributed by atoms with E-state index in [1.54, 1.807) is 55.5 Å². The first kappa shape index (κ1) is 20.1. The van der Waals surface area contributed by atoms with Gasteiger partial charge in [0.15, 0.2) is 0 Å². The van der Waals surface area contributed by atoms with Crippen molar-refractivity contribution in [3.8, 4) is 0 Å². The summed E-state index contributed by atoms with van der Waals surface area (Å²) in [4.78, 5) is 49.0. The third kappa shape index (κ3) is 4.11. The van der Waals surface area contributed by atoms with Gasteiger partial charge in [-0.25, -0.2) is 9.59 Å². The van der Waals surface area contributed by atoms with Gasteiger partial charge in [0.2, 0.25) is 5.91 Å². The lowest BCUT2D eigenvalue weighted by Crippen LogP contribution is -2.42. The van der Waals surface area contributed by atoms with Gasteiger partial charge in [0, 0.05) is 13.1 Å². The molecule has 0 unspecified atom stereocenters. The third-order valence-corrected chi connectivity index (χ3v) is 4.61. The van der Waals surface area contributed by atoms with Crippen LogP contribution >= 0.6 is 0 Å². The Morgan fingerprint density at radius 2 is 1.69 bits per heavy atom. The molecule has 8 nitrogen and oxygen atoms in total. The van der Waals surface area contributed by atoms with Crippen molar-refractivity contribution in [2.24, 2.45) is 0 Å². The number of rotatable bonds is 6. The molecule has 0 atom stereocenters. The maximum Gasteiger partial charge on any atom is 0.337 e. The summed E-state index contributed by atoms with van der Waals surface area (Å²) in [5, 5.41) is 3.14. The number of carbonyl (C=O) groups is 2. The fraction of sp³-hybridized carbons (Fsp3) is 0.238. The van der Waals surface area contributed by atoms with E-state index in [4.69, 9.17) is 0 Å². The number of nitrogens with one attached hydrogen (secondary N) is 1. The third-order valence-electron chi connectivity index (χ3n) is 4.61. The van der Waals surface area contributed by atoms with Gasteiger partial charge in [0.05, 0.1) is 23.6 Å². The normalized spacial score (nSPS) is 10.7. The fourth-order valence-corrected chi connectivity index (χ4v) is 3.08. The lowest BCUT2D eigenvalue weighted by molar-refractivity contribution is -0.121. The molecule has 0 aliphatic rings. The quantitative estimate of drug-likeness (QED) is 0.634. The fourth-order valence-electron chi connectivity index (χ4n) is 3.08. The van der Waals surface area contributed by atoms with Crippen LogP contribution in [-0.2, 0) is 29.2 Å². The average molecular weight is 395 g/mol. The van der Waals surface area contributed by atoms with Crippen LogP contribution in [0.25, 0.3) is 10.9 Å². The number of aromatic nitrogens is 2. The zero-order valence-electron chi connectivity index (χ0n) is 16.2. The first-order valence-electron chi connectivity index (χ1n) is 9.12. The number of para-hydroxylation sites is 1. The molecule has 0 radical (unpaired) electrons. The maximum absolute atomic E-state index is 12.7. The number of ether oxygens (including phenoxy) is 1. The van der Waals surface area contributed by atoms with Crippen LogP contribution < -0.4 is 16.6 Å². The molecule has 0 aliphatic heterocycles. The summed E-state index contributed by atoms with van der Waals surface area (Å²) in [6.45, 7) is 1.96. The number of nitrogens with zero attached hydrogens (tertiary/aromatic N) is 2. The topological polar surface area (TPSA) is 99.4 Å². The Hall–Kier alpha value is -3.68. The van der Waals surface area contributed by atoms with Crippen molar-refractivity contribution >= 4 is 22.8 Å². The van der Waals surface area contributed by atoms with Crippen LogP contribution in [0, 0.1) is 0 Å². The number of hydrogen-bond donors (Lipinski definition) is 1. The smallest absolute Gasteiger partial charge is 0.337 e. The molecule has 0 spiro atoms. The highest BCUT2D eigenvalue weighted by Crippen LogP contribution is 2.08. The molecule has 8 heteroatoms. The Bertz CT molecular complexity index is 1180. The highest BCUT2D eigenvalue weighted by Gasteiger charge is 2.14. The van der Waals surface area contributed by atoms with Gasteiger partial charge in [0.1, 0.15) is 6.54 Å². The maximum atomic E-state index is 12.7. The van der Waals surface area contributed by atoms with Crippen LogP contribution in [0.5, 0.6) is 0 Å². The molecule has 0 bridgehead atoms. The van der Waals surface area contributed by atoms with Crippen LogP contribution in [0.2, 0.25) is 0 Å². The summed E-state index contributed by atoms with van der Waals surface area (Å²) >= 11 is 0. The molecule has 2 aromatic carbocycles. The van der Waals surface area contributed by atoms with Gasteiger partial charge >= 0.3 is 11.7 Å². The number of esters is 1. The lowest BCUT2D eigenvalue weighted by atomic mass is 10.1. The lowest BCUT2D eigenvalue weighted by Gasteiger charge is -2.13. The summed E-state index contributed by atoms with van der Waals surface area (Å²) in [5.74, 6) is -0.798. The van der Waals surface area contributed by atoms with Crippen LogP contribution in [-0.4, -0.2) is 28.1 Å². The van der Waals surface area contributed by atoms with Gasteiger partial charge in [-0.15, -0.1) is 0 Å². The molecular weight excluding hydrogens is 374 g/mol. The van der Waals surface area contributed by atoms with Gasteiger partial charge in [-0.1, -0.05) is 24.3 Å². The molecule has 0 saturated heterocycles. The van der Waals surface area contributed by atoms with Crippen molar-refractivity contribution in [1.82, 2.24) is 14.5 Å². The standard InChI is InChI=1S/C21H21N3O5/c1-3-23-19(26)16-6-4-5-7-17(16)24(21(23)28)13-18(25)22-12-14-8-10-15(11-9-14)20(27)29-2/h4-11H,3,12-13H2,1-2H3,(H,22,25). The summed E-state index contributed by atoms with van der Waals surface area (Å²) in [6.07, 6.45) is 0. The summed E-state index contributed by atoms with van der Waals surface area (Å²) in [5.41, 5.74) is 0.748. The second-order valence-electron chi connectivity index (χ2n) is 6.40. The minimum atomic E-state index is -0.520. The second-order valence-corrected chi connectivity index (χ2v) is 6.40. The molecule has 29 heavy (non-hydrogen) atoms. The van der Waals surface area contributed by atoms with Crippen LogP contribution in [0.3, 0.4) is 0 Å². The van der Waals surface area contributed by atoms with Gasteiger partial charge < -0.3 is 10.1 Å². The Labute approximate surface area is 166 Å². The Kier molecular flexibility index (Phi) is 5.92. The highest BCUT2D eigenvalue weighted by atomic mass is 16.5. The Balaban J connectivity index is 1.79. The number of methoxy groups -OCH3 is 1. The monoisotopic (exact) mass is 395 g/mol. The predicted molar refractivity (Wildman–Crippen MR) is 108 cm³/mol. The molecule has 3 rings (SSSR count). The highest BCUT2D eigenvalue weighted by molar-refractivity contribution is 5.89. The van der Waals surface area contributed by atoms with Crippen LogP contribution in [0.1, 0.15) is 22.8 Å². The van der Waals surface area contributed by atoms with Crippen molar-refractivity contribution in [2.75, 3.05) is 7.11 Å². The Morgan fingerprint density at radius 3 is 2.34 bits per heavy atom. The minimum Gasteiger partial charge on any atom is -0.465 e. The van der Waals surface area contributed by atoms with Crippen molar-refractivity contribution in [3.63, 3.8) is 0 Å². The number of benzene rings is 2. The zero-order valence-corrected chi connectivity index (χ0v) is 16.2. The zero-order chi connectivity index (χ0) is 21.0. The molecule has 0 saturated carbocycles. The molecule has 3 aromatic rings. The Morgan fingerprint density at radius 1 is 1.00 bits per heavy atom. The number of amides is 1. The number of fused-ring (bicyclic) bond motifs is 1. The van der Waals surface area contributed by atoms with Gasteiger partial charge in [-0.05, 0) is 36.8 Å². The van der Waals surface area contributed by atoms with E-state index in [0.29, 0.717) is 16.5 Å². The van der Waals surface area contributed by atoms with Crippen molar-refractivity contribution in [3.05, 3.63) is 80.5 Å². The van der Waals surface area contributed by atoms with E-state index in [-0.39, 0.29) is 31.1 Å². The van der Waals surface area contributed by atoms with Crippen LogP contribution in [0.4, 0.5) is 0 Å². The van der Waals surface area contributed by atoms with E-state index in [9.17, 15) is 19.2 Å². The molecule has 1 aromatic heterocycles. The molecule has 150 valence electrons. The molecular formula is C21H21N3O5. The molecule has 1 heterocycles. The van der Waals surface area contributed by atoms with E-state index in [1.807, 2.05) is 0 Å². The summed E-state index contributed by atoms with van der Waals surface area (Å²) in [7, 11) is 1.31. The first-order chi connectivity index (χ1) is 14.0. The minimum absolute atomic E-state index is 0.208. The van der Waals surface area contributed by atoms with Gasteiger partial charge in [-0.3, -0.25) is 18.7 Å². The number of carbonyl (C=O) groups excluding carboxylic acids is 2. The molecule has 0 aliphatic carbocycles. The first-order valence-corrected chi connectivity index (χ1v) is 9.12. The predicted octanol–water partition coefficient (Wildman–Crippen LogP) is 1.29. The van der Waals surface area contributed by atoms with E-state index < -0.39 is 11.7 Å². The van der Waals surface area contributed by atoms with Gasteiger partial charge in [0.25, 0.3) is 5.56 Å². The van der Waals surface area contributed by atoms with Crippen LogP contribution in [0.15, 0.2) is 58.1 Å². The van der Waals surface area contributed by atoms with Crippen molar-refractivity contribution < 1.29 is 14.3 Å².